The zero-order chi connectivity index (χ0) is 30.7. The second kappa shape index (κ2) is 15.9. The molecule has 11 heteroatoms. The quantitative estimate of drug-likeness (QED) is 0.164. The van der Waals surface area contributed by atoms with Crippen LogP contribution in [0.25, 0.3) is 0 Å². The van der Waals surface area contributed by atoms with Gasteiger partial charge in [0.2, 0.25) is 11.8 Å². The molecule has 0 radical (unpaired) electrons. The number of rotatable bonds is 15. The van der Waals surface area contributed by atoms with Crippen LogP contribution in [0.5, 0.6) is 5.75 Å². The van der Waals surface area contributed by atoms with Gasteiger partial charge in [0.1, 0.15) is 18.3 Å². The van der Waals surface area contributed by atoms with Crippen molar-refractivity contribution in [3.8, 4) is 5.75 Å². The van der Waals surface area contributed by atoms with Crippen molar-refractivity contribution in [1.29, 1.82) is 0 Å². The number of hydrogen-bond donors (Lipinski definition) is 1. The summed E-state index contributed by atoms with van der Waals surface area (Å²) in [6.07, 6.45) is 3.61. The summed E-state index contributed by atoms with van der Waals surface area (Å²) in [6.45, 7) is 5.94. The fourth-order valence-electron chi connectivity index (χ4n) is 4.21. The van der Waals surface area contributed by atoms with Gasteiger partial charge >= 0.3 is 0 Å². The lowest BCUT2D eigenvalue weighted by Crippen LogP contribution is -2.51. The van der Waals surface area contributed by atoms with Crippen LogP contribution in [0, 0.1) is 0 Å². The summed E-state index contributed by atoms with van der Waals surface area (Å²) < 4.78 is 34.6. The van der Waals surface area contributed by atoms with Gasteiger partial charge in [-0.15, -0.1) is 11.8 Å². The van der Waals surface area contributed by atoms with Crippen LogP contribution in [0.2, 0.25) is 5.02 Å². The summed E-state index contributed by atoms with van der Waals surface area (Å²) in [5, 5.41) is 3.32. The molecule has 0 aliphatic heterocycles. The molecule has 0 aliphatic carbocycles. The molecule has 42 heavy (non-hydrogen) atoms. The maximum absolute atomic E-state index is 14.0. The standard InChI is InChI=1S/C31H38ClN3O5S2/c1-5-7-20-33-31(37)23(3)34(21-24-10-8-9-11-29(24)32)30(36)22-35(25-12-14-26(15-13-25)40-6-2)42(38,39)28-18-16-27(41-4)17-19-28/h8-19,23H,5-7,20-22H2,1-4H3,(H,33,37)/t23-/m1/s1. The number of hydrogen-bond acceptors (Lipinski definition) is 6. The molecular formula is C31H38ClN3O5S2. The second-order valence-corrected chi connectivity index (χ2v) is 12.7. The monoisotopic (exact) mass is 631 g/mol. The van der Waals surface area contributed by atoms with E-state index in [-0.39, 0.29) is 17.3 Å². The minimum atomic E-state index is -4.17. The van der Waals surface area contributed by atoms with Crippen molar-refractivity contribution in [2.75, 3.05) is 30.3 Å². The number of thioether (sulfide) groups is 1. The van der Waals surface area contributed by atoms with E-state index in [9.17, 15) is 18.0 Å². The summed E-state index contributed by atoms with van der Waals surface area (Å²) in [4.78, 5) is 29.4. The van der Waals surface area contributed by atoms with E-state index in [2.05, 4.69) is 5.32 Å². The average molecular weight is 632 g/mol. The molecule has 2 amide bonds. The zero-order valence-corrected chi connectivity index (χ0v) is 26.8. The van der Waals surface area contributed by atoms with E-state index in [0.29, 0.717) is 35.2 Å². The van der Waals surface area contributed by atoms with E-state index >= 15 is 0 Å². The van der Waals surface area contributed by atoms with Gasteiger partial charge in [0, 0.05) is 23.0 Å². The van der Waals surface area contributed by atoms with E-state index in [4.69, 9.17) is 16.3 Å². The van der Waals surface area contributed by atoms with E-state index in [1.54, 1.807) is 67.6 Å². The van der Waals surface area contributed by atoms with Crippen molar-refractivity contribution in [3.05, 3.63) is 83.4 Å². The van der Waals surface area contributed by atoms with Gasteiger partial charge in [-0.1, -0.05) is 43.1 Å². The Morgan fingerprint density at radius 2 is 1.67 bits per heavy atom. The Hall–Kier alpha value is -3.21. The third-order valence-electron chi connectivity index (χ3n) is 6.66. The van der Waals surface area contributed by atoms with Gasteiger partial charge in [-0.3, -0.25) is 13.9 Å². The van der Waals surface area contributed by atoms with E-state index in [1.165, 1.54) is 28.8 Å². The molecule has 0 saturated carbocycles. The summed E-state index contributed by atoms with van der Waals surface area (Å²) in [6, 6.07) is 19.2. The molecule has 3 rings (SSSR count). The van der Waals surface area contributed by atoms with Gasteiger partial charge in [0.15, 0.2) is 0 Å². The summed E-state index contributed by atoms with van der Waals surface area (Å²) in [5.41, 5.74) is 0.933. The Labute approximate surface area is 258 Å². The van der Waals surface area contributed by atoms with E-state index < -0.39 is 28.5 Å². The molecule has 3 aromatic carbocycles. The number of halogens is 1. The maximum atomic E-state index is 14.0. The third-order valence-corrected chi connectivity index (χ3v) is 9.56. The molecular weight excluding hydrogens is 594 g/mol. The summed E-state index contributed by atoms with van der Waals surface area (Å²) >= 11 is 7.92. The number of carbonyl (C=O) groups excluding carboxylic acids is 2. The number of amides is 2. The average Bonchev–Trinajstić information content (AvgIpc) is 2.99. The predicted molar refractivity (Wildman–Crippen MR) is 170 cm³/mol. The first-order chi connectivity index (χ1) is 20.1. The van der Waals surface area contributed by atoms with E-state index in [0.717, 1.165) is 22.0 Å². The van der Waals surface area contributed by atoms with Gasteiger partial charge in [-0.25, -0.2) is 8.42 Å². The minimum absolute atomic E-state index is 0.0282. The minimum Gasteiger partial charge on any atom is -0.494 e. The van der Waals surface area contributed by atoms with Crippen molar-refractivity contribution in [2.45, 2.75) is 56.0 Å². The first-order valence-corrected chi connectivity index (χ1v) is 16.9. The number of unbranched alkanes of at least 4 members (excludes halogenated alkanes) is 1. The SMILES string of the molecule is CCCCNC(=O)[C@@H](C)N(Cc1ccccc1Cl)C(=O)CN(c1ccc(OCC)cc1)S(=O)(=O)c1ccc(SC)cc1. The Morgan fingerprint density at radius 3 is 2.26 bits per heavy atom. The van der Waals surface area contributed by atoms with Crippen molar-refractivity contribution >= 4 is 50.9 Å². The maximum Gasteiger partial charge on any atom is 0.264 e. The number of anilines is 1. The van der Waals surface area contributed by atoms with Crippen molar-refractivity contribution in [3.63, 3.8) is 0 Å². The fraction of sp³-hybridized carbons (Fsp3) is 0.355. The topological polar surface area (TPSA) is 96.0 Å². The van der Waals surface area contributed by atoms with Crippen LogP contribution in [-0.4, -0.2) is 57.1 Å². The highest BCUT2D eigenvalue weighted by atomic mass is 35.5. The van der Waals surface area contributed by atoms with Gasteiger partial charge in [0.05, 0.1) is 17.2 Å². The number of benzene rings is 3. The number of sulfonamides is 1. The molecule has 0 fully saturated rings. The second-order valence-electron chi connectivity index (χ2n) is 9.55. The molecule has 0 saturated heterocycles. The Balaban J connectivity index is 2.02. The van der Waals surface area contributed by atoms with Crippen LogP contribution < -0.4 is 14.4 Å². The first kappa shape index (κ1) is 33.3. The van der Waals surface area contributed by atoms with Gasteiger partial charge in [-0.05, 0) is 86.7 Å². The lowest BCUT2D eigenvalue weighted by atomic mass is 10.1. The highest BCUT2D eigenvalue weighted by molar-refractivity contribution is 7.98. The molecule has 226 valence electrons. The van der Waals surface area contributed by atoms with Crippen LogP contribution in [0.15, 0.2) is 82.6 Å². The molecule has 0 spiro atoms. The Morgan fingerprint density at radius 1 is 1.00 bits per heavy atom. The lowest BCUT2D eigenvalue weighted by molar-refractivity contribution is -0.139. The number of carbonyl (C=O) groups is 2. The zero-order valence-electron chi connectivity index (χ0n) is 24.4. The molecule has 0 unspecified atom stereocenters. The molecule has 3 aromatic rings. The molecule has 0 aliphatic rings. The first-order valence-electron chi connectivity index (χ1n) is 13.8. The van der Waals surface area contributed by atoms with Gasteiger partial charge in [0.25, 0.3) is 10.0 Å². The van der Waals surface area contributed by atoms with Crippen LogP contribution in [0.1, 0.15) is 39.2 Å². The van der Waals surface area contributed by atoms with Crippen LogP contribution in [0.3, 0.4) is 0 Å². The largest absolute Gasteiger partial charge is 0.494 e. The molecule has 0 aromatic heterocycles. The molecule has 0 heterocycles. The molecule has 8 nitrogen and oxygen atoms in total. The number of nitrogens with zero attached hydrogens (tertiary/aromatic N) is 2. The highest BCUT2D eigenvalue weighted by Gasteiger charge is 2.32. The Bertz CT molecular complexity index is 1430. The molecule has 0 bridgehead atoms. The summed E-state index contributed by atoms with van der Waals surface area (Å²) in [7, 11) is -4.17. The lowest BCUT2D eigenvalue weighted by Gasteiger charge is -2.32. The van der Waals surface area contributed by atoms with Crippen LogP contribution >= 0.6 is 23.4 Å². The van der Waals surface area contributed by atoms with Gasteiger partial charge < -0.3 is 15.0 Å². The van der Waals surface area contributed by atoms with Gasteiger partial charge in [-0.2, -0.15) is 0 Å². The van der Waals surface area contributed by atoms with Crippen LogP contribution in [0.4, 0.5) is 5.69 Å². The molecule has 1 N–H and O–H groups in total. The smallest absolute Gasteiger partial charge is 0.264 e. The van der Waals surface area contributed by atoms with Crippen molar-refractivity contribution in [1.82, 2.24) is 10.2 Å². The molecule has 1 atom stereocenters. The fourth-order valence-corrected chi connectivity index (χ4v) is 6.23. The van der Waals surface area contributed by atoms with Crippen molar-refractivity contribution in [2.24, 2.45) is 0 Å². The van der Waals surface area contributed by atoms with Crippen LogP contribution in [-0.2, 0) is 26.2 Å². The normalized spacial score (nSPS) is 11.9. The number of nitrogens with one attached hydrogen (secondary N) is 1. The summed E-state index contributed by atoms with van der Waals surface area (Å²) in [5.74, 6) is -0.301. The third kappa shape index (κ3) is 8.65. The Kier molecular flexibility index (Phi) is 12.6. The number of ether oxygens (including phenoxy) is 1. The predicted octanol–water partition coefficient (Wildman–Crippen LogP) is 5.99. The van der Waals surface area contributed by atoms with Crippen molar-refractivity contribution < 1.29 is 22.7 Å². The van der Waals surface area contributed by atoms with E-state index in [1.807, 2.05) is 20.1 Å². The highest BCUT2D eigenvalue weighted by Crippen LogP contribution is 2.28.